The Hall–Kier alpha value is -4.19. The molecule has 4 rings (SSSR count). The lowest BCUT2D eigenvalue weighted by atomic mass is 10.1. The number of hydrogen-bond acceptors (Lipinski definition) is 4. The van der Waals surface area contributed by atoms with Gasteiger partial charge in [-0.05, 0) is 48.9 Å². The highest BCUT2D eigenvalue weighted by atomic mass is 19.4. The van der Waals surface area contributed by atoms with Gasteiger partial charge in [0.25, 0.3) is 5.91 Å². The zero-order chi connectivity index (χ0) is 22.2. The first-order chi connectivity index (χ1) is 14.8. The number of nitrogens with zero attached hydrogens (tertiary/aromatic N) is 4. The molecule has 0 saturated carbocycles. The van der Waals surface area contributed by atoms with E-state index in [1.807, 2.05) is 37.3 Å². The maximum atomic E-state index is 12.8. The van der Waals surface area contributed by atoms with E-state index in [9.17, 15) is 23.2 Å². The van der Waals surface area contributed by atoms with E-state index in [-0.39, 0.29) is 16.9 Å². The molecule has 2 aromatic heterocycles. The highest BCUT2D eigenvalue weighted by Crippen LogP contribution is 2.29. The van der Waals surface area contributed by atoms with Crippen molar-refractivity contribution in [3.05, 3.63) is 83.0 Å². The molecular formula is C22H14F3N5O. The number of nitriles is 1. The second-order valence-corrected chi connectivity index (χ2v) is 6.77. The molecule has 9 heteroatoms. The highest BCUT2D eigenvalue weighted by Gasteiger charge is 2.30. The third kappa shape index (κ3) is 3.83. The van der Waals surface area contributed by atoms with E-state index in [4.69, 9.17) is 0 Å². The molecule has 1 N–H and O–H groups in total. The Kier molecular flexibility index (Phi) is 4.91. The predicted molar refractivity (Wildman–Crippen MR) is 108 cm³/mol. The van der Waals surface area contributed by atoms with E-state index in [1.54, 1.807) is 6.07 Å². The van der Waals surface area contributed by atoms with E-state index >= 15 is 0 Å². The number of alkyl halides is 3. The highest BCUT2D eigenvalue weighted by molar-refractivity contribution is 6.04. The Morgan fingerprint density at radius 3 is 2.52 bits per heavy atom. The van der Waals surface area contributed by atoms with Crippen molar-refractivity contribution < 1.29 is 18.0 Å². The summed E-state index contributed by atoms with van der Waals surface area (Å²) in [7, 11) is 0. The largest absolute Gasteiger partial charge is 0.416 e. The number of nitrogens with one attached hydrogen (secondary N) is 1. The van der Waals surface area contributed by atoms with Crippen molar-refractivity contribution in [1.29, 1.82) is 5.26 Å². The average Bonchev–Trinajstić information content (AvgIpc) is 3.15. The molecule has 0 aliphatic heterocycles. The van der Waals surface area contributed by atoms with Gasteiger partial charge in [-0.25, -0.2) is 4.98 Å². The Balaban J connectivity index is 1.71. The lowest BCUT2D eigenvalue weighted by molar-refractivity contribution is -0.137. The van der Waals surface area contributed by atoms with Crippen LogP contribution in [0, 0.1) is 18.3 Å². The smallest absolute Gasteiger partial charge is 0.305 e. The maximum Gasteiger partial charge on any atom is 0.416 e. The summed E-state index contributed by atoms with van der Waals surface area (Å²) in [6.07, 6.45) is -3.21. The zero-order valence-corrected chi connectivity index (χ0v) is 16.1. The second kappa shape index (κ2) is 7.57. The number of fused-ring (bicyclic) bond motifs is 1. The van der Waals surface area contributed by atoms with Gasteiger partial charge in [-0.15, -0.1) is 0 Å². The van der Waals surface area contributed by atoms with Crippen molar-refractivity contribution >= 4 is 22.6 Å². The van der Waals surface area contributed by atoms with Crippen molar-refractivity contribution in [3.63, 3.8) is 0 Å². The van der Waals surface area contributed by atoms with E-state index in [0.717, 1.165) is 35.2 Å². The number of carbonyl (C=O) groups is 1. The number of rotatable bonds is 3. The van der Waals surface area contributed by atoms with Crippen LogP contribution in [0.2, 0.25) is 0 Å². The molecule has 0 saturated heterocycles. The van der Waals surface area contributed by atoms with Gasteiger partial charge in [0, 0.05) is 10.9 Å². The Morgan fingerprint density at radius 2 is 1.84 bits per heavy atom. The third-order valence-electron chi connectivity index (χ3n) is 4.72. The number of hydrogen-bond donors (Lipinski definition) is 1. The fourth-order valence-corrected chi connectivity index (χ4v) is 3.15. The summed E-state index contributed by atoms with van der Waals surface area (Å²) < 4.78 is 39.6. The SMILES string of the molecule is Cc1cc(-n2ncc(C#N)c2NC(=O)c2ccc(C(F)(F)F)cc2)nc2ccccc12. The Morgan fingerprint density at radius 1 is 1.13 bits per heavy atom. The molecule has 154 valence electrons. The van der Waals surface area contributed by atoms with Crippen LogP contribution in [0.3, 0.4) is 0 Å². The molecule has 6 nitrogen and oxygen atoms in total. The Bertz CT molecular complexity index is 1330. The number of para-hydroxylation sites is 1. The van der Waals surface area contributed by atoms with Crippen LogP contribution in [0.25, 0.3) is 16.7 Å². The number of anilines is 1. The van der Waals surface area contributed by atoms with E-state index in [2.05, 4.69) is 15.4 Å². The first kappa shape index (κ1) is 20.1. The van der Waals surface area contributed by atoms with Gasteiger partial charge in [0.15, 0.2) is 11.6 Å². The van der Waals surface area contributed by atoms with E-state index < -0.39 is 17.6 Å². The van der Waals surface area contributed by atoms with Crippen LogP contribution in [0.1, 0.15) is 27.0 Å². The first-order valence-corrected chi connectivity index (χ1v) is 9.11. The lowest BCUT2D eigenvalue weighted by Gasteiger charge is -2.12. The summed E-state index contributed by atoms with van der Waals surface area (Å²) in [5.41, 5.74) is 0.879. The van der Waals surface area contributed by atoms with Crippen molar-refractivity contribution in [1.82, 2.24) is 14.8 Å². The van der Waals surface area contributed by atoms with Gasteiger partial charge >= 0.3 is 6.18 Å². The van der Waals surface area contributed by atoms with Crippen molar-refractivity contribution in [3.8, 4) is 11.9 Å². The number of pyridine rings is 1. The summed E-state index contributed by atoms with van der Waals surface area (Å²) in [5.74, 6) is -0.209. The zero-order valence-electron chi connectivity index (χ0n) is 16.1. The monoisotopic (exact) mass is 421 g/mol. The average molecular weight is 421 g/mol. The molecule has 0 aliphatic carbocycles. The topological polar surface area (TPSA) is 83.6 Å². The fraction of sp³-hybridized carbons (Fsp3) is 0.0909. The molecule has 2 heterocycles. The van der Waals surface area contributed by atoms with Crippen LogP contribution in [0.15, 0.2) is 60.8 Å². The summed E-state index contributed by atoms with van der Waals surface area (Å²) in [4.78, 5) is 17.2. The minimum atomic E-state index is -4.50. The van der Waals surface area contributed by atoms with Gasteiger partial charge in [0.1, 0.15) is 11.6 Å². The molecule has 0 bridgehead atoms. The number of aryl methyl sites for hydroxylation is 1. The van der Waals surface area contributed by atoms with Gasteiger partial charge in [0.05, 0.1) is 17.3 Å². The van der Waals surface area contributed by atoms with Crippen LogP contribution in [-0.2, 0) is 6.18 Å². The van der Waals surface area contributed by atoms with Crippen LogP contribution in [0.4, 0.5) is 19.0 Å². The number of aromatic nitrogens is 3. The minimum absolute atomic E-state index is 0.00675. The minimum Gasteiger partial charge on any atom is -0.305 e. The molecule has 0 aliphatic rings. The summed E-state index contributed by atoms with van der Waals surface area (Å²) in [6, 6.07) is 15.0. The standard InChI is InChI=1S/C22H14F3N5O/c1-13-10-19(28-18-5-3-2-4-17(13)18)30-20(15(11-26)12-27-30)29-21(31)14-6-8-16(9-7-14)22(23,24)25/h2-10,12H,1H3,(H,29,31). The predicted octanol–water partition coefficient (Wildman–Crippen LogP) is 4.87. The van der Waals surface area contributed by atoms with Crippen molar-refractivity contribution in [2.24, 2.45) is 0 Å². The molecular weight excluding hydrogens is 407 g/mol. The maximum absolute atomic E-state index is 12.8. The molecule has 0 atom stereocenters. The van der Waals surface area contributed by atoms with Crippen LogP contribution < -0.4 is 5.32 Å². The quantitative estimate of drug-likeness (QED) is 0.512. The van der Waals surface area contributed by atoms with Crippen LogP contribution in [-0.4, -0.2) is 20.7 Å². The van der Waals surface area contributed by atoms with Gasteiger partial charge < -0.3 is 5.32 Å². The van der Waals surface area contributed by atoms with Crippen molar-refractivity contribution in [2.45, 2.75) is 13.1 Å². The summed E-state index contributed by atoms with van der Waals surface area (Å²) in [6.45, 7) is 1.91. The van der Waals surface area contributed by atoms with Gasteiger partial charge in [-0.2, -0.15) is 28.2 Å². The molecule has 0 spiro atoms. The van der Waals surface area contributed by atoms with Crippen LogP contribution in [0.5, 0.6) is 0 Å². The molecule has 2 aromatic carbocycles. The van der Waals surface area contributed by atoms with E-state index in [1.165, 1.54) is 10.9 Å². The van der Waals surface area contributed by atoms with E-state index in [0.29, 0.717) is 11.3 Å². The number of carbonyl (C=O) groups excluding carboxylic acids is 1. The molecule has 0 unspecified atom stereocenters. The second-order valence-electron chi connectivity index (χ2n) is 6.77. The lowest BCUT2D eigenvalue weighted by Crippen LogP contribution is -2.17. The molecule has 0 radical (unpaired) electrons. The summed E-state index contributed by atoms with van der Waals surface area (Å²) >= 11 is 0. The number of amides is 1. The summed E-state index contributed by atoms with van der Waals surface area (Å²) in [5, 5.41) is 17.1. The Labute approximate surface area is 174 Å². The molecule has 1 amide bonds. The van der Waals surface area contributed by atoms with Crippen molar-refractivity contribution in [2.75, 3.05) is 5.32 Å². The molecule has 4 aromatic rings. The first-order valence-electron chi connectivity index (χ1n) is 9.11. The molecule has 31 heavy (non-hydrogen) atoms. The number of benzene rings is 2. The fourth-order valence-electron chi connectivity index (χ4n) is 3.15. The third-order valence-corrected chi connectivity index (χ3v) is 4.72. The van der Waals surface area contributed by atoms with Crippen LogP contribution >= 0.6 is 0 Å². The number of halogens is 3. The van der Waals surface area contributed by atoms with Gasteiger partial charge in [-0.1, -0.05) is 18.2 Å². The normalized spacial score (nSPS) is 11.3. The van der Waals surface area contributed by atoms with Gasteiger partial charge in [-0.3, -0.25) is 4.79 Å². The van der Waals surface area contributed by atoms with Gasteiger partial charge in [0.2, 0.25) is 0 Å². The molecule has 0 fully saturated rings.